The standard InChI is InChI=1S/C52H67N7O8/c1-9-58-43-17-16-37-27-39(43)40(45(58)38-15-11-21-53-44(38)33(4)66-8)28-50(6,7)31-67-49(64)52(65)18-12-22-59(55-52)47(62)42(26-35-13-10-14-36(37)25-35)54-46(61)41(32(2)3)29-56-23-19-51(48(56)63)20-24-57(30-51)34(5)60/h10-11,13-17,21,25,27,32-33,41-42,55,65H,9,12,18-20,22-24,26,28-31H2,1-8H3,(H,54,61)/t33-,41-,42-,51+,52-/m0/s1. The van der Waals surface area contributed by atoms with Crippen molar-refractivity contribution in [3.05, 3.63) is 77.6 Å². The van der Waals surface area contributed by atoms with Crippen molar-refractivity contribution in [1.82, 2.24) is 35.1 Å². The van der Waals surface area contributed by atoms with Gasteiger partial charge in [-0.1, -0.05) is 58.0 Å². The molecule has 0 radical (unpaired) electrons. The number of carbonyl (C=O) groups excluding carboxylic acids is 5. The summed E-state index contributed by atoms with van der Waals surface area (Å²) in [6, 6.07) is 17.3. The van der Waals surface area contributed by atoms with Crippen LogP contribution in [0.4, 0.5) is 0 Å². The summed E-state index contributed by atoms with van der Waals surface area (Å²) < 4.78 is 14.1. The lowest BCUT2D eigenvalue weighted by atomic mass is 9.84. The number of nitrogens with zero attached hydrogens (tertiary/aromatic N) is 5. The molecule has 8 rings (SSSR count). The minimum absolute atomic E-state index is 0.0123. The summed E-state index contributed by atoms with van der Waals surface area (Å²) >= 11 is 0. The summed E-state index contributed by atoms with van der Waals surface area (Å²) in [5, 5.41) is 17.3. The van der Waals surface area contributed by atoms with Gasteiger partial charge in [-0.15, -0.1) is 0 Å². The van der Waals surface area contributed by atoms with Crippen LogP contribution in [0.3, 0.4) is 0 Å². The van der Waals surface area contributed by atoms with Gasteiger partial charge in [0.25, 0.3) is 5.91 Å². The number of methoxy groups -OCH3 is 1. The minimum Gasteiger partial charge on any atom is -0.462 e. The lowest BCUT2D eigenvalue weighted by Gasteiger charge is -2.40. The Kier molecular flexibility index (Phi) is 13.4. The van der Waals surface area contributed by atoms with Gasteiger partial charge in [0, 0.05) is 94.2 Å². The van der Waals surface area contributed by atoms with E-state index in [0.29, 0.717) is 51.9 Å². The van der Waals surface area contributed by atoms with E-state index in [1.807, 2.05) is 65.0 Å². The SMILES string of the molecule is CCn1c(-c2cccnc2[C@H](C)OC)c2c3cc(ccc31)-c1cccc(c1)C[C@H](NC(=O)[C@@H](CN1CC[C@]3(CCN(C(C)=O)C3)C1=O)C(C)C)C(=O)N1CCC[C@@](O)(N1)C(=O)OCC(C)(C)C2. The number of aliphatic hydroxyl groups is 1. The van der Waals surface area contributed by atoms with Crippen LogP contribution in [-0.2, 0) is 52.8 Å². The lowest BCUT2D eigenvalue weighted by molar-refractivity contribution is -0.189. The molecule has 0 unspecified atom stereocenters. The largest absolute Gasteiger partial charge is 0.462 e. The molecule has 358 valence electrons. The van der Waals surface area contributed by atoms with Crippen molar-refractivity contribution in [2.24, 2.45) is 22.7 Å². The van der Waals surface area contributed by atoms with Crippen molar-refractivity contribution in [3.8, 4) is 22.4 Å². The zero-order valence-corrected chi connectivity index (χ0v) is 40.3. The van der Waals surface area contributed by atoms with Crippen LogP contribution in [0.25, 0.3) is 33.3 Å². The number of hydrogen-bond acceptors (Lipinski definition) is 10. The molecular formula is C52H67N7O8. The first-order valence-electron chi connectivity index (χ1n) is 23.9. The fraction of sp³-hybridized carbons (Fsp3) is 0.538. The second-order valence-electron chi connectivity index (χ2n) is 20.4. The molecule has 3 saturated heterocycles. The Hall–Kier alpha value is -5.64. The summed E-state index contributed by atoms with van der Waals surface area (Å²) in [6.45, 7) is 16.0. The van der Waals surface area contributed by atoms with E-state index in [0.717, 1.165) is 50.1 Å². The number of amides is 4. The smallest absolute Gasteiger partial charge is 0.355 e. The van der Waals surface area contributed by atoms with E-state index in [9.17, 15) is 29.1 Å². The average molecular weight is 918 g/mol. The number of fused-ring (bicyclic) bond motifs is 6. The van der Waals surface area contributed by atoms with Gasteiger partial charge in [-0.2, -0.15) is 5.43 Å². The third kappa shape index (κ3) is 9.34. The van der Waals surface area contributed by atoms with Gasteiger partial charge in [-0.25, -0.2) is 4.79 Å². The fourth-order valence-corrected chi connectivity index (χ4v) is 10.7. The number of nitrogens with one attached hydrogen (secondary N) is 2. The van der Waals surface area contributed by atoms with Crippen molar-refractivity contribution in [3.63, 3.8) is 0 Å². The van der Waals surface area contributed by atoms with E-state index in [1.165, 1.54) is 11.9 Å². The maximum absolute atomic E-state index is 14.8. The van der Waals surface area contributed by atoms with Gasteiger partial charge in [0.15, 0.2) is 0 Å². The second-order valence-corrected chi connectivity index (χ2v) is 20.4. The number of cyclic esters (lactones) is 1. The Morgan fingerprint density at radius 1 is 1.00 bits per heavy atom. The number of likely N-dealkylation sites (tertiary alicyclic amines) is 2. The van der Waals surface area contributed by atoms with Crippen LogP contribution >= 0.6 is 0 Å². The molecular weight excluding hydrogens is 851 g/mol. The molecule has 6 heterocycles. The zero-order valence-electron chi connectivity index (χ0n) is 40.3. The monoisotopic (exact) mass is 918 g/mol. The molecule has 4 aromatic rings. The third-order valence-corrected chi connectivity index (χ3v) is 14.7. The molecule has 4 aliphatic heterocycles. The van der Waals surface area contributed by atoms with Crippen LogP contribution < -0.4 is 10.7 Å². The first-order chi connectivity index (χ1) is 31.9. The molecule has 2 aromatic heterocycles. The molecule has 0 aliphatic carbocycles. The maximum Gasteiger partial charge on any atom is 0.355 e. The van der Waals surface area contributed by atoms with Crippen molar-refractivity contribution in [2.45, 2.75) is 111 Å². The predicted octanol–water partition coefficient (Wildman–Crippen LogP) is 5.81. The van der Waals surface area contributed by atoms with Crippen LogP contribution in [0.15, 0.2) is 60.8 Å². The Balaban J connectivity index is 1.18. The van der Waals surface area contributed by atoms with Crippen molar-refractivity contribution >= 4 is 40.5 Å². The molecule has 4 amide bonds. The van der Waals surface area contributed by atoms with Crippen LogP contribution in [0, 0.1) is 22.7 Å². The second kappa shape index (κ2) is 18.8. The van der Waals surface area contributed by atoms with Crippen LogP contribution in [0.5, 0.6) is 0 Å². The molecule has 4 aliphatic rings. The number of hydrogen-bond donors (Lipinski definition) is 3. The predicted molar refractivity (Wildman–Crippen MR) is 254 cm³/mol. The molecule has 6 bridgehead atoms. The molecule has 15 heteroatoms. The van der Waals surface area contributed by atoms with E-state index in [-0.39, 0.29) is 62.3 Å². The molecule has 5 atom stereocenters. The van der Waals surface area contributed by atoms with Gasteiger partial charge >= 0.3 is 5.97 Å². The maximum atomic E-state index is 14.8. The number of carbonyl (C=O) groups is 5. The Morgan fingerprint density at radius 3 is 2.48 bits per heavy atom. The topological polar surface area (TPSA) is 176 Å². The molecule has 1 spiro atoms. The molecule has 0 saturated carbocycles. The Labute approximate surface area is 393 Å². The van der Waals surface area contributed by atoms with Crippen molar-refractivity contribution in [2.75, 3.05) is 46.4 Å². The zero-order chi connectivity index (χ0) is 48.0. The van der Waals surface area contributed by atoms with E-state index in [2.05, 4.69) is 46.5 Å². The summed E-state index contributed by atoms with van der Waals surface area (Å²) in [6.07, 6.45) is 3.64. The minimum atomic E-state index is -2.20. The van der Waals surface area contributed by atoms with Crippen molar-refractivity contribution < 1.29 is 38.6 Å². The number of pyridine rings is 1. The van der Waals surface area contributed by atoms with Gasteiger partial charge in [-0.05, 0) is 92.0 Å². The molecule has 3 N–H and O–H groups in total. The van der Waals surface area contributed by atoms with E-state index < -0.39 is 40.4 Å². The van der Waals surface area contributed by atoms with Gasteiger partial charge in [0.2, 0.25) is 23.4 Å². The number of benzene rings is 2. The summed E-state index contributed by atoms with van der Waals surface area (Å²) in [5.74, 6) is -2.72. The summed E-state index contributed by atoms with van der Waals surface area (Å²) in [7, 11) is 1.67. The van der Waals surface area contributed by atoms with E-state index in [1.54, 1.807) is 23.1 Å². The lowest BCUT2D eigenvalue weighted by Crippen LogP contribution is -2.67. The quantitative estimate of drug-likeness (QED) is 0.174. The molecule has 67 heavy (non-hydrogen) atoms. The number of hydrazine groups is 1. The highest BCUT2D eigenvalue weighted by atomic mass is 16.6. The third-order valence-electron chi connectivity index (χ3n) is 14.7. The van der Waals surface area contributed by atoms with E-state index >= 15 is 0 Å². The van der Waals surface area contributed by atoms with Crippen molar-refractivity contribution in [1.29, 1.82) is 0 Å². The van der Waals surface area contributed by atoms with Crippen LogP contribution in [0.2, 0.25) is 0 Å². The summed E-state index contributed by atoms with van der Waals surface area (Å²) in [4.78, 5) is 77.7. The number of rotatable bonds is 9. The van der Waals surface area contributed by atoms with Gasteiger partial charge < -0.3 is 34.3 Å². The Morgan fingerprint density at radius 2 is 1.76 bits per heavy atom. The average Bonchev–Trinajstić information content (AvgIpc) is 3.98. The first-order valence-corrected chi connectivity index (χ1v) is 23.9. The highest BCUT2D eigenvalue weighted by molar-refractivity contribution is 5.96. The van der Waals surface area contributed by atoms with E-state index in [4.69, 9.17) is 14.5 Å². The normalized spacial score (nSPS) is 24.3. The first kappa shape index (κ1) is 47.8. The molecule has 15 nitrogen and oxygen atoms in total. The number of esters is 1. The number of aryl methyl sites for hydroxylation is 1. The molecule has 3 fully saturated rings. The molecule has 2 aromatic carbocycles. The Bertz CT molecular complexity index is 2570. The highest BCUT2D eigenvalue weighted by Crippen LogP contribution is 2.43. The van der Waals surface area contributed by atoms with Gasteiger partial charge in [0.05, 0.1) is 35.4 Å². The van der Waals surface area contributed by atoms with Gasteiger partial charge in [-0.3, -0.25) is 29.2 Å². The summed E-state index contributed by atoms with van der Waals surface area (Å²) in [5.41, 5.74) is 6.92. The van der Waals surface area contributed by atoms with Crippen LogP contribution in [-0.4, -0.2) is 117 Å². The van der Waals surface area contributed by atoms with Gasteiger partial charge in [0.1, 0.15) is 6.04 Å². The highest BCUT2D eigenvalue weighted by Gasteiger charge is 2.52. The number of ether oxygens (including phenoxy) is 2. The number of aromatic nitrogens is 2. The van der Waals surface area contributed by atoms with Crippen LogP contribution in [0.1, 0.15) is 97.1 Å². The fourth-order valence-electron chi connectivity index (χ4n) is 10.7.